The molecule has 0 saturated heterocycles. The average molecular weight is 274 g/mol. The van der Waals surface area contributed by atoms with Crippen molar-refractivity contribution in [2.24, 2.45) is 5.92 Å². The van der Waals surface area contributed by atoms with E-state index in [1.165, 1.54) is 5.56 Å². The number of hydrogen-bond donors (Lipinski definition) is 0. The Hall–Kier alpha value is -1.77. The average Bonchev–Trinajstić information content (AvgIpc) is 2.52. The molecule has 0 saturated carbocycles. The van der Waals surface area contributed by atoms with Gasteiger partial charge in [-0.1, -0.05) is 31.2 Å². The van der Waals surface area contributed by atoms with Gasteiger partial charge in [0, 0.05) is 0 Å². The van der Waals surface area contributed by atoms with Crippen molar-refractivity contribution < 1.29 is 14.3 Å². The van der Waals surface area contributed by atoms with Crippen molar-refractivity contribution in [1.29, 1.82) is 0 Å². The number of ether oxygens (including phenoxy) is 2. The molecule has 0 heterocycles. The van der Waals surface area contributed by atoms with Gasteiger partial charge in [-0.3, -0.25) is 4.79 Å². The van der Waals surface area contributed by atoms with E-state index in [4.69, 9.17) is 9.47 Å². The van der Waals surface area contributed by atoms with Crippen LogP contribution in [0.1, 0.15) is 31.7 Å². The van der Waals surface area contributed by atoms with E-state index in [1.54, 1.807) is 0 Å². The van der Waals surface area contributed by atoms with E-state index in [1.807, 2.05) is 18.2 Å². The van der Waals surface area contributed by atoms with E-state index in [2.05, 4.69) is 25.1 Å². The quantitative estimate of drug-likeness (QED) is 0.452. The molecule has 108 valence electrons. The first-order valence-electron chi connectivity index (χ1n) is 7.33. The van der Waals surface area contributed by atoms with Crippen molar-refractivity contribution in [2.45, 2.75) is 32.6 Å². The molecule has 0 spiro atoms. The highest BCUT2D eigenvalue weighted by Gasteiger charge is 2.19. The highest BCUT2D eigenvalue weighted by atomic mass is 16.6. The van der Waals surface area contributed by atoms with Crippen molar-refractivity contribution >= 4 is 5.97 Å². The van der Waals surface area contributed by atoms with Crippen molar-refractivity contribution in [2.75, 3.05) is 13.2 Å². The predicted octanol–water partition coefficient (Wildman–Crippen LogP) is 3.53. The van der Waals surface area contributed by atoms with E-state index < -0.39 is 0 Å². The maximum Gasteiger partial charge on any atom is 0.309 e. The number of carbonyl (C=O) groups excluding carboxylic acids is 1. The van der Waals surface area contributed by atoms with E-state index >= 15 is 0 Å². The second-order valence-corrected chi connectivity index (χ2v) is 5.00. The third-order valence-electron chi connectivity index (χ3n) is 3.51. The van der Waals surface area contributed by atoms with Crippen LogP contribution in [0.4, 0.5) is 0 Å². The van der Waals surface area contributed by atoms with Gasteiger partial charge in [0.05, 0.1) is 5.92 Å². The Morgan fingerprint density at radius 3 is 2.95 bits per heavy atom. The van der Waals surface area contributed by atoms with E-state index in [-0.39, 0.29) is 11.9 Å². The van der Waals surface area contributed by atoms with Gasteiger partial charge in [0.15, 0.2) is 0 Å². The SMILES string of the molecule is CCc1cccc(OCCOC(=O)C2CC=CCC2)c1. The van der Waals surface area contributed by atoms with Gasteiger partial charge in [-0.25, -0.2) is 0 Å². The highest BCUT2D eigenvalue weighted by molar-refractivity contribution is 5.72. The van der Waals surface area contributed by atoms with Crippen molar-refractivity contribution in [3.8, 4) is 5.75 Å². The molecule has 0 radical (unpaired) electrons. The molecule has 3 nitrogen and oxygen atoms in total. The van der Waals surface area contributed by atoms with Gasteiger partial charge in [0.1, 0.15) is 19.0 Å². The third-order valence-corrected chi connectivity index (χ3v) is 3.51. The number of carbonyl (C=O) groups is 1. The van der Waals surface area contributed by atoms with Crippen LogP contribution in [0.2, 0.25) is 0 Å². The van der Waals surface area contributed by atoms with Gasteiger partial charge in [-0.05, 0) is 43.4 Å². The molecule has 1 atom stereocenters. The van der Waals surface area contributed by atoms with Gasteiger partial charge in [-0.2, -0.15) is 0 Å². The molecule has 1 aliphatic rings. The molecule has 1 aromatic carbocycles. The maximum absolute atomic E-state index is 11.8. The monoisotopic (exact) mass is 274 g/mol. The smallest absolute Gasteiger partial charge is 0.309 e. The Kier molecular flexibility index (Phi) is 5.66. The van der Waals surface area contributed by atoms with Crippen LogP contribution in [-0.4, -0.2) is 19.2 Å². The second kappa shape index (κ2) is 7.73. The number of hydrogen-bond acceptors (Lipinski definition) is 3. The fourth-order valence-corrected chi connectivity index (χ4v) is 2.28. The summed E-state index contributed by atoms with van der Waals surface area (Å²) in [5, 5.41) is 0. The first-order valence-corrected chi connectivity index (χ1v) is 7.33. The number of allylic oxidation sites excluding steroid dienone is 2. The topological polar surface area (TPSA) is 35.5 Å². The zero-order valence-corrected chi connectivity index (χ0v) is 12.0. The van der Waals surface area contributed by atoms with E-state index in [0.717, 1.165) is 31.4 Å². The molecule has 1 aliphatic carbocycles. The van der Waals surface area contributed by atoms with Crippen LogP contribution in [0.5, 0.6) is 5.75 Å². The molecular weight excluding hydrogens is 252 g/mol. The zero-order valence-electron chi connectivity index (χ0n) is 12.0. The summed E-state index contributed by atoms with van der Waals surface area (Å²) in [5.41, 5.74) is 1.24. The lowest BCUT2D eigenvalue weighted by atomic mass is 9.95. The molecule has 3 heteroatoms. The van der Waals surface area contributed by atoms with E-state index in [9.17, 15) is 4.79 Å². The molecular formula is C17H22O3. The standard InChI is InChI=1S/C17H22O3/c1-2-14-7-6-10-16(13-14)19-11-12-20-17(18)15-8-4-3-5-9-15/h3-4,6-7,10,13,15H,2,5,8-9,11-12H2,1H3. The second-order valence-electron chi connectivity index (χ2n) is 5.00. The summed E-state index contributed by atoms with van der Waals surface area (Å²) in [7, 11) is 0. The molecule has 0 fully saturated rings. The Balaban J connectivity index is 1.68. The summed E-state index contributed by atoms with van der Waals surface area (Å²) >= 11 is 0. The minimum absolute atomic E-state index is 0.0309. The zero-order chi connectivity index (χ0) is 14.2. The van der Waals surface area contributed by atoms with Crippen LogP contribution < -0.4 is 4.74 Å². The molecule has 0 amide bonds. The molecule has 2 rings (SSSR count). The Morgan fingerprint density at radius 2 is 2.20 bits per heavy atom. The minimum Gasteiger partial charge on any atom is -0.490 e. The third kappa shape index (κ3) is 4.41. The minimum atomic E-state index is -0.0970. The first-order chi connectivity index (χ1) is 9.79. The lowest BCUT2D eigenvalue weighted by Crippen LogP contribution is -2.21. The van der Waals surface area contributed by atoms with Gasteiger partial charge in [-0.15, -0.1) is 0 Å². The van der Waals surface area contributed by atoms with Crippen LogP contribution in [0.15, 0.2) is 36.4 Å². The molecule has 1 unspecified atom stereocenters. The first kappa shape index (κ1) is 14.6. The molecule has 0 aliphatic heterocycles. The summed E-state index contributed by atoms with van der Waals surface area (Å²) < 4.78 is 10.9. The molecule has 0 aromatic heterocycles. The number of benzene rings is 1. The number of esters is 1. The van der Waals surface area contributed by atoms with Crippen LogP contribution in [0, 0.1) is 5.92 Å². The van der Waals surface area contributed by atoms with Gasteiger partial charge < -0.3 is 9.47 Å². The van der Waals surface area contributed by atoms with Crippen LogP contribution in [-0.2, 0) is 16.0 Å². The summed E-state index contributed by atoms with van der Waals surface area (Å²) in [6.07, 6.45) is 7.84. The van der Waals surface area contributed by atoms with Crippen molar-refractivity contribution in [3.63, 3.8) is 0 Å². The Bertz CT molecular complexity index is 465. The molecule has 0 N–H and O–H groups in total. The fraction of sp³-hybridized carbons (Fsp3) is 0.471. The van der Waals surface area contributed by atoms with Crippen molar-refractivity contribution in [3.05, 3.63) is 42.0 Å². The lowest BCUT2D eigenvalue weighted by molar-refractivity contribution is -0.149. The highest BCUT2D eigenvalue weighted by Crippen LogP contribution is 2.19. The van der Waals surface area contributed by atoms with Crippen LogP contribution in [0.25, 0.3) is 0 Å². The fourth-order valence-electron chi connectivity index (χ4n) is 2.28. The molecule has 1 aromatic rings. The van der Waals surface area contributed by atoms with Crippen LogP contribution >= 0.6 is 0 Å². The Morgan fingerprint density at radius 1 is 1.30 bits per heavy atom. The normalized spacial score (nSPS) is 17.8. The maximum atomic E-state index is 11.8. The van der Waals surface area contributed by atoms with E-state index in [0.29, 0.717) is 13.2 Å². The van der Waals surface area contributed by atoms with Gasteiger partial charge >= 0.3 is 5.97 Å². The van der Waals surface area contributed by atoms with Crippen molar-refractivity contribution in [1.82, 2.24) is 0 Å². The summed E-state index contributed by atoms with van der Waals surface area (Å²) in [6, 6.07) is 8.00. The lowest BCUT2D eigenvalue weighted by Gasteiger charge is -2.16. The molecule has 20 heavy (non-hydrogen) atoms. The predicted molar refractivity (Wildman–Crippen MR) is 78.8 cm³/mol. The van der Waals surface area contributed by atoms with Gasteiger partial charge in [0.25, 0.3) is 0 Å². The van der Waals surface area contributed by atoms with Gasteiger partial charge in [0.2, 0.25) is 0 Å². The number of rotatable bonds is 6. The van der Waals surface area contributed by atoms with Crippen LogP contribution in [0.3, 0.4) is 0 Å². The largest absolute Gasteiger partial charge is 0.490 e. The molecule has 0 bridgehead atoms. The summed E-state index contributed by atoms with van der Waals surface area (Å²) in [5.74, 6) is 0.768. The number of aryl methyl sites for hydroxylation is 1. The Labute approximate surface area is 120 Å². The summed E-state index contributed by atoms with van der Waals surface area (Å²) in [4.78, 5) is 11.8. The summed E-state index contributed by atoms with van der Waals surface area (Å²) in [6.45, 7) is 2.83.